The summed E-state index contributed by atoms with van der Waals surface area (Å²) in [7, 11) is 0. The van der Waals surface area contributed by atoms with Crippen molar-refractivity contribution in [2.24, 2.45) is 0 Å². The molecule has 1 aliphatic carbocycles. The molecule has 55 heavy (non-hydrogen) atoms. The first-order chi connectivity index (χ1) is 27.0. The zero-order chi connectivity index (χ0) is 36.7. The highest BCUT2D eigenvalue weighted by atomic mass is 14.4. The van der Waals surface area contributed by atoms with Crippen LogP contribution in [0.25, 0.3) is 98.7 Å². The lowest BCUT2D eigenvalue weighted by atomic mass is 9.80. The van der Waals surface area contributed by atoms with Crippen molar-refractivity contribution >= 4 is 43.1 Å². The Morgan fingerprint density at radius 3 is 1.27 bits per heavy atom. The van der Waals surface area contributed by atoms with E-state index in [-0.39, 0.29) is 5.41 Å². The van der Waals surface area contributed by atoms with Crippen molar-refractivity contribution in [2.45, 2.75) is 19.3 Å². The fourth-order valence-corrected chi connectivity index (χ4v) is 9.21. The summed E-state index contributed by atoms with van der Waals surface area (Å²) in [6.45, 7) is 4.77. The van der Waals surface area contributed by atoms with Crippen LogP contribution in [0.2, 0.25) is 0 Å². The fourth-order valence-electron chi connectivity index (χ4n) is 9.21. The van der Waals surface area contributed by atoms with Crippen LogP contribution in [0.4, 0.5) is 0 Å². The molecule has 0 heteroatoms. The minimum absolute atomic E-state index is 0.119. The summed E-state index contributed by atoms with van der Waals surface area (Å²) in [5.41, 5.74) is 15.4. The van der Waals surface area contributed by atoms with E-state index in [0.717, 1.165) is 0 Å². The molecule has 0 heterocycles. The maximum Gasteiger partial charge on any atom is 0.0159 e. The smallest absolute Gasteiger partial charge is 0.0159 e. The van der Waals surface area contributed by atoms with E-state index in [0.29, 0.717) is 0 Å². The Bertz CT molecular complexity index is 3160. The van der Waals surface area contributed by atoms with E-state index in [4.69, 9.17) is 0 Å². The van der Waals surface area contributed by atoms with Crippen LogP contribution < -0.4 is 0 Å². The van der Waals surface area contributed by atoms with Gasteiger partial charge in [-0.3, -0.25) is 0 Å². The number of hydrogen-bond donors (Lipinski definition) is 0. The molecular weight excluding hydrogens is 661 g/mol. The van der Waals surface area contributed by atoms with Gasteiger partial charge in [-0.25, -0.2) is 0 Å². The third-order valence-corrected chi connectivity index (χ3v) is 12.2. The molecule has 0 amide bonds. The maximum absolute atomic E-state index is 2.43. The summed E-state index contributed by atoms with van der Waals surface area (Å²) in [6, 6.07) is 72.2. The molecule has 1 aliphatic rings. The lowest BCUT2D eigenvalue weighted by Crippen LogP contribution is -2.15. The highest BCUT2D eigenvalue weighted by Gasteiger charge is 2.36. The molecule has 0 N–H and O–H groups in total. The Balaban J connectivity index is 0.897. The number of rotatable bonds is 4. The summed E-state index contributed by atoms with van der Waals surface area (Å²) in [5.74, 6) is 0. The second kappa shape index (κ2) is 12.1. The lowest BCUT2D eigenvalue weighted by Gasteiger charge is -2.23. The first-order valence-corrected chi connectivity index (χ1v) is 19.3. The van der Waals surface area contributed by atoms with Crippen LogP contribution in [0.5, 0.6) is 0 Å². The highest BCUT2D eigenvalue weighted by Crippen LogP contribution is 2.51. The average Bonchev–Trinajstić information content (AvgIpc) is 3.47. The molecule has 258 valence electrons. The van der Waals surface area contributed by atoms with Gasteiger partial charge in [0.05, 0.1) is 0 Å². The van der Waals surface area contributed by atoms with E-state index in [1.807, 2.05) is 0 Å². The van der Waals surface area contributed by atoms with Gasteiger partial charge in [-0.2, -0.15) is 0 Å². The molecule has 0 spiro atoms. The Hall–Kier alpha value is -6.76. The van der Waals surface area contributed by atoms with E-state index in [9.17, 15) is 0 Å². The van der Waals surface area contributed by atoms with Crippen molar-refractivity contribution < 1.29 is 0 Å². The standard InChI is InChI=1S/C55H38/c1-55(2)53-33-44(36-15-18-37(19-16-36)52-32-46-11-5-6-12-47(46)48-13-7-8-14-49(48)52)25-27-50(53)51-28-26-45(34-54(51)55)43-24-23-41-30-40(21-22-42(41)31-43)39-20-17-35-9-3-4-10-38(35)29-39/h3-34H,1-2H3. The van der Waals surface area contributed by atoms with Crippen molar-refractivity contribution in [1.29, 1.82) is 0 Å². The Labute approximate surface area is 322 Å². The van der Waals surface area contributed by atoms with Gasteiger partial charge < -0.3 is 0 Å². The molecule has 0 radical (unpaired) electrons. The van der Waals surface area contributed by atoms with Gasteiger partial charge in [-0.15, -0.1) is 0 Å². The summed E-state index contributed by atoms with van der Waals surface area (Å²) < 4.78 is 0. The zero-order valence-corrected chi connectivity index (χ0v) is 31.0. The van der Waals surface area contributed by atoms with Gasteiger partial charge in [0.1, 0.15) is 0 Å². The van der Waals surface area contributed by atoms with Crippen molar-refractivity contribution in [1.82, 2.24) is 0 Å². The predicted octanol–water partition coefficient (Wildman–Crippen LogP) is 15.3. The van der Waals surface area contributed by atoms with Crippen LogP contribution in [0.1, 0.15) is 25.0 Å². The minimum atomic E-state index is -0.119. The molecule has 0 saturated carbocycles. The van der Waals surface area contributed by atoms with E-state index in [1.54, 1.807) is 0 Å². The average molecular weight is 699 g/mol. The Kier molecular flexibility index (Phi) is 7.00. The van der Waals surface area contributed by atoms with Gasteiger partial charge in [0, 0.05) is 5.41 Å². The molecule has 0 fully saturated rings. The van der Waals surface area contributed by atoms with E-state index in [1.165, 1.54) is 110 Å². The fraction of sp³-hybridized carbons (Fsp3) is 0.0545. The zero-order valence-electron chi connectivity index (χ0n) is 31.0. The normalized spacial score (nSPS) is 13.1. The van der Waals surface area contributed by atoms with Crippen molar-refractivity contribution in [3.8, 4) is 55.6 Å². The molecule has 11 rings (SSSR count). The van der Waals surface area contributed by atoms with Gasteiger partial charge >= 0.3 is 0 Å². The molecule has 0 aliphatic heterocycles. The van der Waals surface area contributed by atoms with E-state index >= 15 is 0 Å². The molecule has 0 bridgehead atoms. The van der Waals surface area contributed by atoms with Gasteiger partial charge in [-0.1, -0.05) is 172 Å². The summed E-state index contributed by atoms with van der Waals surface area (Å²) >= 11 is 0. The minimum Gasteiger partial charge on any atom is -0.0616 e. The molecule has 0 aromatic heterocycles. The van der Waals surface area contributed by atoms with Crippen molar-refractivity contribution in [2.75, 3.05) is 0 Å². The quantitative estimate of drug-likeness (QED) is 0.161. The summed E-state index contributed by atoms with van der Waals surface area (Å²) in [6.07, 6.45) is 0. The van der Waals surface area contributed by atoms with Crippen molar-refractivity contribution in [3.05, 3.63) is 205 Å². The van der Waals surface area contributed by atoms with Crippen LogP contribution in [0.15, 0.2) is 194 Å². The lowest BCUT2D eigenvalue weighted by molar-refractivity contribution is 0.661. The molecule has 0 saturated heterocycles. The van der Waals surface area contributed by atoms with E-state index in [2.05, 4.69) is 208 Å². The molecular formula is C55H38. The largest absolute Gasteiger partial charge is 0.0616 e. The number of benzene rings is 10. The topological polar surface area (TPSA) is 0 Å². The van der Waals surface area contributed by atoms with Crippen molar-refractivity contribution in [3.63, 3.8) is 0 Å². The van der Waals surface area contributed by atoms with Gasteiger partial charge in [0.15, 0.2) is 0 Å². The summed E-state index contributed by atoms with van der Waals surface area (Å²) in [5, 5.41) is 10.2. The van der Waals surface area contributed by atoms with Crippen LogP contribution in [0.3, 0.4) is 0 Å². The Morgan fingerprint density at radius 1 is 0.255 bits per heavy atom. The monoisotopic (exact) mass is 698 g/mol. The maximum atomic E-state index is 2.43. The highest BCUT2D eigenvalue weighted by molar-refractivity contribution is 6.13. The number of hydrogen-bond acceptors (Lipinski definition) is 0. The third-order valence-electron chi connectivity index (χ3n) is 12.2. The number of fused-ring (bicyclic) bond motifs is 8. The molecule has 10 aromatic rings. The third kappa shape index (κ3) is 5.13. The molecule has 0 atom stereocenters. The van der Waals surface area contributed by atoms with Crippen LogP contribution in [-0.2, 0) is 5.41 Å². The molecule has 0 unspecified atom stereocenters. The van der Waals surface area contributed by atoms with Gasteiger partial charge in [-0.05, 0) is 146 Å². The molecule has 0 nitrogen and oxygen atoms in total. The van der Waals surface area contributed by atoms with E-state index < -0.39 is 0 Å². The second-order valence-corrected chi connectivity index (χ2v) is 15.8. The Morgan fingerprint density at radius 2 is 0.655 bits per heavy atom. The SMILES string of the molecule is CC1(C)c2cc(-c3ccc(-c4cc5ccccc5c5ccccc45)cc3)ccc2-c2ccc(-c3ccc4cc(-c5ccc6ccccc6c5)ccc4c3)cc21. The predicted molar refractivity (Wildman–Crippen MR) is 236 cm³/mol. The summed E-state index contributed by atoms with van der Waals surface area (Å²) in [4.78, 5) is 0. The molecule has 10 aromatic carbocycles. The first kappa shape index (κ1) is 31.7. The van der Waals surface area contributed by atoms with Crippen LogP contribution >= 0.6 is 0 Å². The second-order valence-electron chi connectivity index (χ2n) is 15.8. The first-order valence-electron chi connectivity index (χ1n) is 19.3. The van der Waals surface area contributed by atoms with Crippen LogP contribution in [0, 0.1) is 0 Å². The van der Waals surface area contributed by atoms with Gasteiger partial charge in [0.2, 0.25) is 0 Å². The van der Waals surface area contributed by atoms with Gasteiger partial charge in [0.25, 0.3) is 0 Å². The van der Waals surface area contributed by atoms with Crippen LogP contribution in [-0.4, -0.2) is 0 Å².